The van der Waals surface area contributed by atoms with E-state index in [9.17, 15) is 9.59 Å². The van der Waals surface area contributed by atoms with Gasteiger partial charge in [-0.1, -0.05) is 23.7 Å². The molecule has 0 saturated carbocycles. The summed E-state index contributed by atoms with van der Waals surface area (Å²) >= 11 is 6.00. The van der Waals surface area contributed by atoms with Gasteiger partial charge in [0.1, 0.15) is 11.5 Å². The zero-order chi connectivity index (χ0) is 20.1. The van der Waals surface area contributed by atoms with Crippen LogP contribution in [0.5, 0.6) is 17.4 Å². The zero-order valence-electron chi connectivity index (χ0n) is 15.2. The zero-order valence-corrected chi connectivity index (χ0v) is 16.0. The predicted molar refractivity (Wildman–Crippen MR) is 106 cm³/mol. The number of carbonyl (C=O) groups is 2. The number of para-hydroxylation sites is 1. The Morgan fingerprint density at radius 1 is 1.07 bits per heavy atom. The lowest BCUT2D eigenvalue weighted by Gasteiger charge is -2.10. The number of amides is 1. The van der Waals surface area contributed by atoms with Gasteiger partial charge in [0, 0.05) is 18.0 Å². The third-order valence-electron chi connectivity index (χ3n) is 3.73. The molecule has 0 radical (unpaired) electrons. The van der Waals surface area contributed by atoms with Gasteiger partial charge < -0.3 is 14.8 Å². The molecular formula is C21H17ClN2O4. The van der Waals surface area contributed by atoms with Crippen LogP contribution >= 0.6 is 11.6 Å². The van der Waals surface area contributed by atoms with Crippen LogP contribution in [0.25, 0.3) is 0 Å². The molecule has 0 spiro atoms. The minimum Gasteiger partial charge on any atom is -0.439 e. The molecular weight excluding hydrogens is 380 g/mol. The average molecular weight is 397 g/mol. The van der Waals surface area contributed by atoms with E-state index in [1.165, 1.54) is 13.1 Å². The van der Waals surface area contributed by atoms with Crippen molar-refractivity contribution in [2.75, 3.05) is 5.32 Å². The van der Waals surface area contributed by atoms with Crippen molar-refractivity contribution in [1.82, 2.24) is 4.98 Å². The lowest BCUT2D eigenvalue weighted by Crippen LogP contribution is -2.15. The topological polar surface area (TPSA) is 77.5 Å². The molecule has 3 aromatic rings. The Hall–Kier alpha value is -3.38. The lowest BCUT2D eigenvalue weighted by molar-refractivity contribution is -0.131. The quantitative estimate of drug-likeness (QED) is 0.484. The molecule has 3 rings (SSSR count). The first-order valence-corrected chi connectivity index (χ1v) is 8.79. The van der Waals surface area contributed by atoms with Gasteiger partial charge in [0.05, 0.1) is 17.4 Å². The van der Waals surface area contributed by atoms with Gasteiger partial charge in [-0.25, -0.2) is 4.98 Å². The first-order valence-electron chi connectivity index (χ1n) is 8.41. The highest BCUT2D eigenvalue weighted by Gasteiger charge is 2.14. The van der Waals surface area contributed by atoms with E-state index in [2.05, 4.69) is 10.3 Å². The van der Waals surface area contributed by atoms with E-state index >= 15 is 0 Å². The van der Waals surface area contributed by atoms with Gasteiger partial charge in [-0.2, -0.15) is 0 Å². The molecule has 1 amide bonds. The number of aryl methyl sites for hydroxylation is 1. The highest BCUT2D eigenvalue weighted by atomic mass is 35.5. The normalized spacial score (nSPS) is 10.2. The third kappa shape index (κ3) is 4.86. The summed E-state index contributed by atoms with van der Waals surface area (Å²) in [5, 5.41) is 3.37. The highest BCUT2D eigenvalue weighted by molar-refractivity contribution is 6.31. The molecule has 1 heterocycles. The van der Waals surface area contributed by atoms with Crippen LogP contribution in [0.2, 0.25) is 5.02 Å². The largest absolute Gasteiger partial charge is 0.439 e. The highest BCUT2D eigenvalue weighted by Crippen LogP contribution is 2.26. The second-order valence-electron chi connectivity index (χ2n) is 5.94. The number of anilines is 1. The summed E-state index contributed by atoms with van der Waals surface area (Å²) in [5.74, 6) is 0.265. The van der Waals surface area contributed by atoms with E-state index in [1.807, 2.05) is 13.0 Å². The molecule has 7 heteroatoms. The molecule has 142 valence electrons. The number of rotatable bonds is 5. The number of hydrogen-bond acceptors (Lipinski definition) is 5. The summed E-state index contributed by atoms with van der Waals surface area (Å²) in [6.45, 7) is 3.16. The molecule has 28 heavy (non-hydrogen) atoms. The Bertz CT molecular complexity index is 1020. The van der Waals surface area contributed by atoms with Gasteiger partial charge in [-0.05, 0) is 48.9 Å². The van der Waals surface area contributed by atoms with E-state index in [1.54, 1.807) is 48.5 Å². The minimum atomic E-state index is -0.499. The first kappa shape index (κ1) is 19.4. The Balaban J connectivity index is 1.70. The monoisotopic (exact) mass is 396 g/mol. The van der Waals surface area contributed by atoms with Crippen molar-refractivity contribution in [3.05, 3.63) is 76.9 Å². The van der Waals surface area contributed by atoms with Crippen molar-refractivity contribution in [2.24, 2.45) is 0 Å². The smallest absolute Gasteiger partial charge is 0.308 e. The second-order valence-corrected chi connectivity index (χ2v) is 6.35. The predicted octanol–water partition coefficient (Wildman–Crippen LogP) is 5.01. The van der Waals surface area contributed by atoms with Crippen molar-refractivity contribution < 1.29 is 19.1 Å². The SMILES string of the molecule is CC(=O)Oc1ccccc1C(=O)Nc1ccc(Oc2ccc(Cl)c(C)c2)nc1. The molecule has 0 saturated heterocycles. The van der Waals surface area contributed by atoms with Gasteiger partial charge in [0.2, 0.25) is 5.88 Å². The molecule has 0 unspecified atom stereocenters. The van der Waals surface area contributed by atoms with Crippen molar-refractivity contribution in [1.29, 1.82) is 0 Å². The summed E-state index contributed by atoms with van der Waals surface area (Å²) in [5.41, 5.74) is 1.62. The van der Waals surface area contributed by atoms with E-state index in [4.69, 9.17) is 21.1 Å². The third-order valence-corrected chi connectivity index (χ3v) is 4.16. The number of carbonyl (C=O) groups excluding carboxylic acids is 2. The Morgan fingerprint density at radius 2 is 1.86 bits per heavy atom. The van der Waals surface area contributed by atoms with Crippen LogP contribution in [-0.4, -0.2) is 16.9 Å². The van der Waals surface area contributed by atoms with Crippen molar-refractivity contribution in [2.45, 2.75) is 13.8 Å². The number of ether oxygens (including phenoxy) is 2. The van der Waals surface area contributed by atoms with Crippen LogP contribution in [0.3, 0.4) is 0 Å². The average Bonchev–Trinajstić information content (AvgIpc) is 2.66. The number of hydrogen-bond donors (Lipinski definition) is 1. The van der Waals surface area contributed by atoms with Gasteiger partial charge in [-0.3, -0.25) is 9.59 Å². The van der Waals surface area contributed by atoms with Crippen LogP contribution < -0.4 is 14.8 Å². The van der Waals surface area contributed by atoms with E-state index in [0.717, 1.165) is 5.56 Å². The summed E-state index contributed by atoms with van der Waals surface area (Å²) in [7, 11) is 0. The molecule has 0 bridgehead atoms. The van der Waals surface area contributed by atoms with Gasteiger partial charge in [-0.15, -0.1) is 0 Å². The van der Waals surface area contributed by atoms with Crippen LogP contribution in [0.4, 0.5) is 5.69 Å². The lowest BCUT2D eigenvalue weighted by atomic mass is 10.2. The molecule has 6 nitrogen and oxygen atoms in total. The van der Waals surface area contributed by atoms with Crippen molar-refractivity contribution in [3.8, 4) is 17.4 Å². The Morgan fingerprint density at radius 3 is 2.54 bits per heavy atom. The number of aromatic nitrogens is 1. The Labute approximate surface area is 167 Å². The number of nitrogens with zero attached hydrogens (tertiary/aromatic N) is 1. The van der Waals surface area contributed by atoms with Crippen LogP contribution in [0, 0.1) is 6.92 Å². The maximum atomic E-state index is 12.5. The maximum absolute atomic E-state index is 12.5. The van der Waals surface area contributed by atoms with Crippen LogP contribution in [-0.2, 0) is 4.79 Å². The molecule has 0 aliphatic heterocycles. The van der Waals surface area contributed by atoms with Crippen molar-refractivity contribution >= 4 is 29.2 Å². The van der Waals surface area contributed by atoms with Crippen LogP contribution in [0.1, 0.15) is 22.8 Å². The second kappa shape index (κ2) is 8.54. The van der Waals surface area contributed by atoms with Gasteiger partial charge >= 0.3 is 5.97 Å². The summed E-state index contributed by atoms with van der Waals surface area (Å²) in [4.78, 5) is 27.9. The van der Waals surface area contributed by atoms with Crippen LogP contribution in [0.15, 0.2) is 60.8 Å². The minimum absolute atomic E-state index is 0.193. The number of esters is 1. The van der Waals surface area contributed by atoms with E-state index in [0.29, 0.717) is 22.3 Å². The maximum Gasteiger partial charge on any atom is 0.308 e. The summed E-state index contributed by atoms with van der Waals surface area (Å²) in [6.07, 6.45) is 1.48. The molecule has 1 N–H and O–H groups in total. The summed E-state index contributed by atoms with van der Waals surface area (Å²) in [6, 6.07) is 15.1. The van der Waals surface area contributed by atoms with E-state index in [-0.39, 0.29) is 11.3 Å². The van der Waals surface area contributed by atoms with Gasteiger partial charge in [0.25, 0.3) is 5.91 Å². The molecule has 0 aliphatic rings. The molecule has 2 aromatic carbocycles. The fourth-order valence-electron chi connectivity index (χ4n) is 2.41. The fraction of sp³-hybridized carbons (Fsp3) is 0.0952. The summed E-state index contributed by atoms with van der Waals surface area (Å²) < 4.78 is 10.7. The fourth-order valence-corrected chi connectivity index (χ4v) is 2.53. The number of halogens is 1. The number of pyridine rings is 1. The van der Waals surface area contributed by atoms with Crippen molar-refractivity contribution in [3.63, 3.8) is 0 Å². The standard InChI is InChI=1S/C21H17ClN2O4/c1-13-11-16(8-9-18(13)22)28-20-10-7-15(12-23-20)24-21(26)17-5-3-4-6-19(17)27-14(2)25/h3-12H,1-2H3,(H,24,26). The number of nitrogens with one attached hydrogen (secondary N) is 1. The van der Waals surface area contributed by atoms with Gasteiger partial charge in [0.15, 0.2) is 0 Å². The number of benzene rings is 2. The molecule has 0 aliphatic carbocycles. The Kier molecular flexibility index (Phi) is 5.91. The van der Waals surface area contributed by atoms with E-state index < -0.39 is 11.9 Å². The first-order chi connectivity index (χ1) is 13.4. The molecule has 1 aromatic heterocycles. The molecule has 0 atom stereocenters. The molecule has 0 fully saturated rings.